The van der Waals surface area contributed by atoms with Gasteiger partial charge in [0.15, 0.2) is 11.6 Å². The van der Waals surface area contributed by atoms with Crippen LogP contribution in [-0.2, 0) is 16.0 Å². The van der Waals surface area contributed by atoms with Gasteiger partial charge in [0.2, 0.25) is 0 Å². The molecular formula is C13H10BrF2NO2S. The minimum Gasteiger partial charge on any atom is -0.469 e. The Bertz CT molecular complexity index is 645. The molecule has 0 aliphatic rings. The molecule has 0 amide bonds. The zero-order chi connectivity index (χ0) is 14.7. The molecule has 1 aromatic carbocycles. The van der Waals surface area contributed by atoms with Gasteiger partial charge >= 0.3 is 5.97 Å². The first-order valence-electron chi connectivity index (χ1n) is 5.68. The van der Waals surface area contributed by atoms with Crippen molar-refractivity contribution in [2.75, 3.05) is 7.11 Å². The molecule has 0 saturated carbocycles. The van der Waals surface area contributed by atoms with Crippen molar-refractivity contribution in [1.29, 1.82) is 0 Å². The Morgan fingerprint density at radius 1 is 1.45 bits per heavy atom. The third-order valence-electron chi connectivity index (χ3n) is 2.63. The highest BCUT2D eigenvalue weighted by atomic mass is 79.9. The van der Waals surface area contributed by atoms with Crippen LogP contribution in [-0.4, -0.2) is 18.1 Å². The Morgan fingerprint density at radius 2 is 2.20 bits per heavy atom. The van der Waals surface area contributed by atoms with E-state index in [1.54, 1.807) is 5.38 Å². The fourth-order valence-electron chi connectivity index (χ4n) is 1.57. The maximum atomic E-state index is 13.5. The number of esters is 1. The van der Waals surface area contributed by atoms with Gasteiger partial charge in [0, 0.05) is 17.4 Å². The number of ether oxygens (including phenoxy) is 1. The van der Waals surface area contributed by atoms with Gasteiger partial charge in [-0.1, -0.05) is 0 Å². The lowest BCUT2D eigenvalue weighted by atomic mass is 10.2. The van der Waals surface area contributed by atoms with Gasteiger partial charge in [-0.05, 0) is 28.1 Å². The number of methoxy groups -OCH3 is 1. The van der Waals surface area contributed by atoms with Crippen molar-refractivity contribution in [3.05, 3.63) is 39.3 Å². The highest BCUT2D eigenvalue weighted by Gasteiger charge is 2.15. The van der Waals surface area contributed by atoms with Crippen molar-refractivity contribution in [1.82, 2.24) is 4.98 Å². The van der Waals surface area contributed by atoms with E-state index >= 15 is 0 Å². The second kappa shape index (κ2) is 6.41. The third-order valence-corrected chi connectivity index (χ3v) is 4.33. The largest absolute Gasteiger partial charge is 0.469 e. The average Bonchev–Trinajstić information content (AvgIpc) is 2.91. The molecule has 0 atom stereocenters. The molecule has 0 aliphatic heterocycles. The number of aromatic nitrogens is 1. The van der Waals surface area contributed by atoms with Gasteiger partial charge in [0.1, 0.15) is 5.01 Å². The molecule has 0 bridgehead atoms. The molecule has 20 heavy (non-hydrogen) atoms. The summed E-state index contributed by atoms with van der Waals surface area (Å²) in [6, 6.07) is 2.52. The van der Waals surface area contributed by atoms with Crippen LogP contribution in [0.4, 0.5) is 8.78 Å². The standard InChI is InChI=1S/C13H10BrF2NO2S/c1-19-10(18)5-2-7-6-20-13(17-7)8-3-4-9(15)12(16)11(8)14/h3-4,6H,2,5H2,1H3. The molecule has 1 aromatic heterocycles. The second-order valence-electron chi connectivity index (χ2n) is 3.94. The lowest BCUT2D eigenvalue weighted by molar-refractivity contribution is -0.140. The first kappa shape index (κ1) is 15.1. The molecular weight excluding hydrogens is 352 g/mol. The highest BCUT2D eigenvalue weighted by Crippen LogP contribution is 2.33. The molecule has 0 spiro atoms. The number of halogens is 3. The van der Waals surface area contributed by atoms with Gasteiger partial charge in [0.05, 0.1) is 23.7 Å². The molecule has 0 N–H and O–H groups in total. The van der Waals surface area contributed by atoms with Gasteiger partial charge in [-0.15, -0.1) is 11.3 Å². The van der Waals surface area contributed by atoms with Crippen LogP contribution in [0.15, 0.2) is 22.0 Å². The summed E-state index contributed by atoms with van der Waals surface area (Å²) >= 11 is 4.34. The quantitative estimate of drug-likeness (QED) is 0.611. The zero-order valence-electron chi connectivity index (χ0n) is 10.5. The lowest BCUT2D eigenvalue weighted by Crippen LogP contribution is -2.01. The maximum Gasteiger partial charge on any atom is 0.305 e. The summed E-state index contributed by atoms with van der Waals surface area (Å²) < 4.78 is 31.1. The fraction of sp³-hybridized carbons (Fsp3) is 0.231. The van der Waals surface area contributed by atoms with E-state index in [-0.39, 0.29) is 16.9 Å². The summed E-state index contributed by atoms with van der Waals surface area (Å²) in [5, 5.41) is 2.35. The Kier molecular flexibility index (Phi) is 4.82. The van der Waals surface area contributed by atoms with Crippen LogP contribution in [0, 0.1) is 11.6 Å². The van der Waals surface area contributed by atoms with Crippen LogP contribution in [0.1, 0.15) is 12.1 Å². The van der Waals surface area contributed by atoms with Crippen molar-refractivity contribution in [2.45, 2.75) is 12.8 Å². The Hall–Kier alpha value is -1.34. The average molecular weight is 362 g/mol. The Labute approximate surface area is 126 Å². The van der Waals surface area contributed by atoms with Crippen LogP contribution in [0.5, 0.6) is 0 Å². The van der Waals surface area contributed by atoms with E-state index in [0.29, 0.717) is 22.7 Å². The van der Waals surface area contributed by atoms with Crippen LogP contribution in [0.25, 0.3) is 10.6 Å². The molecule has 0 fully saturated rings. The molecule has 0 saturated heterocycles. The van der Waals surface area contributed by atoms with Crippen molar-refractivity contribution < 1.29 is 18.3 Å². The number of carbonyl (C=O) groups is 1. The smallest absolute Gasteiger partial charge is 0.305 e. The number of hydrogen-bond donors (Lipinski definition) is 0. The Morgan fingerprint density at radius 3 is 2.90 bits per heavy atom. The van der Waals surface area contributed by atoms with E-state index in [1.165, 1.54) is 24.5 Å². The van der Waals surface area contributed by atoms with Crippen LogP contribution < -0.4 is 0 Å². The van der Waals surface area contributed by atoms with Crippen LogP contribution >= 0.6 is 27.3 Å². The molecule has 0 aliphatic carbocycles. The number of aryl methyl sites for hydroxylation is 1. The first-order valence-corrected chi connectivity index (χ1v) is 7.35. The number of thiazole rings is 1. The zero-order valence-corrected chi connectivity index (χ0v) is 12.9. The van der Waals surface area contributed by atoms with Crippen molar-refractivity contribution >= 4 is 33.2 Å². The molecule has 3 nitrogen and oxygen atoms in total. The molecule has 106 valence electrons. The molecule has 0 radical (unpaired) electrons. The SMILES string of the molecule is COC(=O)CCc1csc(-c2ccc(F)c(F)c2Br)n1. The second-order valence-corrected chi connectivity index (χ2v) is 5.59. The monoisotopic (exact) mass is 361 g/mol. The van der Waals surface area contributed by atoms with Crippen molar-refractivity contribution in [3.8, 4) is 10.6 Å². The summed E-state index contributed by atoms with van der Waals surface area (Å²) in [5.74, 6) is -2.16. The fourth-order valence-corrected chi connectivity index (χ4v) is 3.09. The van der Waals surface area contributed by atoms with E-state index < -0.39 is 11.6 Å². The van der Waals surface area contributed by atoms with Gasteiger partial charge in [-0.25, -0.2) is 13.8 Å². The van der Waals surface area contributed by atoms with Gasteiger partial charge in [-0.2, -0.15) is 0 Å². The number of rotatable bonds is 4. The summed E-state index contributed by atoms with van der Waals surface area (Å²) in [6.07, 6.45) is 0.684. The molecule has 2 rings (SSSR count). The predicted octanol–water partition coefficient (Wildman–Crippen LogP) is 3.96. The third kappa shape index (κ3) is 3.21. The van der Waals surface area contributed by atoms with E-state index in [1.807, 2.05) is 0 Å². The molecule has 2 aromatic rings. The van der Waals surface area contributed by atoms with E-state index in [4.69, 9.17) is 0 Å². The minimum atomic E-state index is -0.936. The van der Waals surface area contributed by atoms with Crippen LogP contribution in [0.3, 0.4) is 0 Å². The maximum absolute atomic E-state index is 13.5. The van der Waals surface area contributed by atoms with E-state index in [2.05, 4.69) is 25.7 Å². The van der Waals surface area contributed by atoms with Gasteiger partial charge in [-0.3, -0.25) is 4.79 Å². The normalized spacial score (nSPS) is 10.6. The molecule has 1 heterocycles. The van der Waals surface area contributed by atoms with Crippen LogP contribution in [0.2, 0.25) is 0 Å². The topological polar surface area (TPSA) is 39.2 Å². The molecule has 0 unspecified atom stereocenters. The molecule has 7 heteroatoms. The summed E-state index contributed by atoms with van der Waals surface area (Å²) in [6.45, 7) is 0. The minimum absolute atomic E-state index is 0.0476. The number of nitrogens with zero attached hydrogens (tertiary/aromatic N) is 1. The lowest BCUT2D eigenvalue weighted by Gasteiger charge is -2.02. The van der Waals surface area contributed by atoms with Crippen molar-refractivity contribution in [2.24, 2.45) is 0 Å². The van der Waals surface area contributed by atoms with E-state index in [0.717, 1.165) is 6.07 Å². The summed E-state index contributed by atoms with van der Waals surface area (Å²) in [5.41, 5.74) is 1.20. The van der Waals surface area contributed by atoms with Gasteiger partial charge in [0.25, 0.3) is 0 Å². The summed E-state index contributed by atoms with van der Waals surface area (Å²) in [7, 11) is 1.33. The Balaban J connectivity index is 2.21. The van der Waals surface area contributed by atoms with Gasteiger partial charge < -0.3 is 4.74 Å². The number of benzene rings is 1. The predicted molar refractivity (Wildman–Crippen MR) is 75.5 cm³/mol. The number of hydrogen-bond acceptors (Lipinski definition) is 4. The van der Waals surface area contributed by atoms with Crippen molar-refractivity contribution in [3.63, 3.8) is 0 Å². The first-order chi connectivity index (χ1) is 9.52. The van der Waals surface area contributed by atoms with E-state index in [9.17, 15) is 13.6 Å². The highest BCUT2D eigenvalue weighted by molar-refractivity contribution is 9.10. The number of carbonyl (C=O) groups excluding carboxylic acids is 1. The summed E-state index contributed by atoms with van der Waals surface area (Å²) in [4.78, 5) is 15.4.